The van der Waals surface area contributed by atoms with Crippen LogP contribution >= 0.6 is 0 Å². The van der Waals surface area contributed by atoms with Crippen molar-refractivity contribution >= 4 is 25.7 Å². The molecule has 1 aliphatic carbocycles. The molecule has 1 heterocycles. The maximum absolute atomic E-state index is 12.0. The molecular weight excluding hydrogens is 312 g/mol. The average Bonchev–Trinajstić information content (AvgIpc) is 2.88. The van der Waals surface area contributed by atoms with E-state index in [1.165, 1.54) is 31.2 Å². The van der Waals surface area contributed by atoms with Gasteiger partial charge in [-0.3, -0.25) is 4.72 Å². The second-order valence-electron chi connectivity index (χ2n) is 5.51. The summed E-state index contributed by atoms with van der Waals surface area (Å²) < 4.78 is 49.3. The lowest BCUT2D eigenvalue weighted by Crippen LogP contribution is -2.19. The van der Waals surface area contributed by atoms with Gasteiger partial charge in [-0.25, -0.2) is 21.8 Å². The smallest absolute Gasteiger partial charge is 0.233 e. The van der Waals surface area contributed by atoms with Crippen LogP contribution < -0.4 is 4.72 Å². The normalized spacial score (nSPS) is 17.0. The summed E-state index contributed by atoms with van der Waals surface area (Å²) in [6.45, 7) is 0. The highest BCUT2D eigenvalue weighted by molar-refractivity contribution is 7.92. The van der Waals surface area contributed by atoms with E-state index in [4.69, 9.17) is 0 Å². The molecule has 1 aliphatic rings. The van der Waals surface area contributed by atoms with Crippen molar-refractivity contribution < 1.29 is 16.8 Å². The Bertz CT molecular complexity index is 693. The first-order valence-electron chi connectivity index (χ1n) is 6.93. The first-order valence-corrected chi connectivity index (χ1v) is 10.5. The number of hydrogen-bond donors (Lipinski definition) is 1. The van der Waals surface area contributed by atoms with Crippen LogP contribution in [0.4, 0.5) is 5.82 Å². The predicted molar refractivity (Wildman–Crippen MR) is 81.3 cm³/mol. The fraction of sp³-hybridized carbons (Fsp3) is 0.615. The van der Waals surface area contributed by atoms with Crippen LogP contribution in [0.15, 0.2) is 23.2 Å². The first-order chi connectivity index (χ1) is 9.76. The molecule has 0 spiro atoms. The van der Waals surface area contributed by atoms with Crippen LogP contribution in [-0.2, 0) is 19.9 Å². The molecule has 0 aliphatic heterocycles. The van der Waals surface area contributed by atoms with Gasteiger partial charge in [0.25, 0.3) is 0 Å². The Morgan fingerprint density at radius 2 is 1.90 bits per heavy atom. The SMILES string of the molecule is CS(=O)(=O)c1ccnc(NS(=O)(=O)CCC2CCCC2)c1. The monoisotopic (exact) mass is 332 g/mol. The minimum Gasteiger partial charge on any atom is -0.267 e. The molecule has 2 rings (SSSR count). The van der Waals surface area contributed by atoms with Crippen molar-refractivity contribution in [1.29, 1.82) is 0 Å². The summed E-state index contributed by atoms with van der Waals surface area (Å²) in [5.41, 5.74) is 0. The van der Waals surface area contributed by atoms with Crippen LogP contribution in [0.2, 0.25) is 0 Å². The van der Waals surface area contributed by atoms with E-state index in [1.807, 2.05) is 0 Å². The Balaban J connectivity index is 2.02. The number of rotatable bonds is 6. The summed E-state index contributed by atoms with van der Waals surface area (Å²) in [6.07, 6.45) is 7.54. The number of aromatic nitrogens is 1. The summed E-state index contributed by atoms with van der Waals surface area (Å²) in [4.78, 5) is 3.91. The molecule has 0 saturated heterocycles. The van der Waals surface area contributed by atoms with E-state index in [-0.39, 0.29) is 16.5 Å². The number of nitrogens with one attached hydrogen (secondary N) is 1. The first kappa shape index (κ1) is 16.2. The Hall–Kier alpha value is -1.15. The van der Waals surface area contributed by atoms with Crippen molar-refractivity contribution in [2.24, 2.45) is 5.92 Å². The van der Waals surface area contributed by atoms with Crippen molar-refractivity contribution in [3.05, 3.63) is 18.3 Å². The minimum absolute atomic E-state index is 0.0441. The Morgan fingerprint density at radius 1 is 1.24 bits per heavy atom. The highest BCUT2D eigenvalue weighted by atomic mass is 32.2. The molecule has 0 aromatic carbocycles. The molecule has 8 heteroatoms. The number of anilines is 1. The van der Waals surface area contributed by atoms with Crippen molar-refractivity contribution in [2.45, 2.75) is 37.0 Å². The number of sulfone groups is 1. The zero-order valence-electron chi connectivity index (χ0n) is 11.9. The molecule has 1 N–H and O–H groups in total. The van der Waals surface area contributed by atoms with Crippen molar-refractivity contribution in [3.63, 3.8) is 0 Å². The lowest BCUT2D eigenvalue weighted by Gasteiger charge is -2.11. The van der Waals surface area contributed by atoms with Crippen molar-refractivity contribution in [2.75, 3.05) is 16.7 Å². The van der Waals surface area contributed by atoms with Gasteiger partial charge in [-0.05, 0) is 18.4 Å². The molecule has 1 aromatic heterocycles. The Kier molecular flexibility index (Phi) is 4.88. The van der Waals surface area contributed by atoms with Gasteiger partial charge in [-0.2, -0.15) is 0 Å². The van der Waals surface area contributed by atoms with E-state index in [1.54, 1.807) is 0 Å². The lowest BCUT2D eigenvalue weighted by atomic mass is 10.1. The molecule has 118 valence electrons. The van der Waals surface area contributed by atoms with Crippen LogP contribution in [-0.4, -0.2) is 33.8 Å². The second kappa shape index (κ2) is 6.31. The quantitative estimate of drug-likeness (QED) is 0.857. The van der Waals surface area contributed by atoms with E-state index in [0.717, 1.165) is 19.1 Å². The van der Waals surface area contributed by atoms with Gasteiger partial charge in [0.2, 0.25) is 10.0 Å². The molecule has 1 saturated carbocycles. The fourth-order valence-electron chi connectivity index (χ4n) is 2.53. The topological polar surface area (TPSA) is 93.2 Å². The van der Waals surface area contributed by atoms with Gasteiger partial charge in [0.05, 0.1) is 10.6 Å². The van der Waals surface area contributed by atoms with Gasteiger partial charge in [-0.1, -0.05) is 25.7 Å². The fourth-order valence-corrected chi connectivity index (χ4v) is 4.34. The van der Waals surface area contributed by atoms with Crippen molar-refractivity contribution in [1.82, 2.24) is 4.98 Å². The van der Waals surface area contributed by atoms with E-state index in [2.05, 4.69) is 9.71 Å². The highest BCUT2D eigenvalue weighted by Crippen LogP contribution is 2.28. The second-order valence-corrected chi connectivity index (χ2v) is 9.37. The Labute approximate surface area is 126 Å². The van der Waals surface area contributed by atoms with Crippen LogP contribution in [0.1, 0.15) is 32.1 Å². The van der Waals surface area contributed by atoms with E-state index < -0.39 is 19.9 Å². The van der Waals surface area contributed by atoms with Gasteiger partial charge >= 0.3 is 0 Å². The maximum atomic E-state index is 12.0. The number of sulfonamides is 1. The lowest BCUT2D eigenvalue weighted by molar-refractivity contribution is 0.522. The largest absolute Gasteiger partial charge is 0.267 e. The molecule has 0 radical (unpaired) electrons. The third-order valence-corrected chi connectivity index (χ3v) is 6.09. The van der Waals surface area contributed by atoms with E-state index in [0.29, 0.717) is 12.3 Å². The van der Waals surface area contributed by atoms with E-state index in [9.17, 15) is 16.8 Å². The summed E-state index contributed by atoms with van der Waals surface area (Å²) in [6, 6.07) is 2.58. The molecule has 1 aromatic rings. The summed E-state index contributed by atoms with van der Waals surface area (Å²) in [5, 5.41) is 0. The Morgan fingerprint density at radius 3 is 2.52 bits per heavy atom. The van der Waals surface area contributed by atoms with Crippen LogP contribution in [0.5, 0.6) is 0 Å². The molecule has 0 atom stereocenters. The molecule has 1 fully saturated rings. The van der Waals surface area contributed by atoms with Crippen molar-refractivity contribution in [3.8, 4) is 0 Å². The highest BCUT2D eigenvalue weighted by Gasteiger charge is 2.19. The van der Waals surface area contributed by atoms with Gasteiger partial charge in [0.15, 0.2) is 9.84 Å². The van der Waals surface area contributed by atoms with Crippen LogP contribution in [0.3, 0.4) is 0 Å². The zero-order chi connectivity index (χ0) is 15.5. The number of hydrogen-bond acceptors (Lipinski definition) is 5. The van der Waals surface area contributed by atoms with Gasteiger partial charge < -0.3 is 0 Å². The summed E-state index contributed by atoms with van der Waals surface area (Å²) in [7, 11) is -6.87. The number of nitrogens with zero attached hydrogens (tertiary/aromatic N) is 1. The predicted octanol–water partition coefficient (Wildman–Crippen LogP) is 1.81. The third-order valence-electron chi connectivity index (χ3n) is 3.69. The molecule has 0 unspecified atom stereocenters. The van der Waals surface area contributed by atoms with Crippen LogP contribution in [0.25, 0.3) is 0 Å². The minimum atomic E-state index is -3.49. The third kappa shape index (κ3) is 4.96. The standard InChI is InChI=1S/C13H20N2O4S2/c1-20(16,17)12-6-8-14-13(10-12)15-21(18,19)9-7-11-4-2-3-5-11/h6,8,10-11H,2-5,7,9H2,1H3,(H,14,15). The van der Waals surface area contributed by atoms with Crippen LogP contribution in [0, 0.1) is 5.92 Å². The maximum Gasteiger partial charge on any atom is 0.233 e. The summed E-state index contributed by atoms with van der Waals surface area (Å²) >= 11 is 0. The van der Waals surface area contributed by atoms with Gasteiger partial charge in [0.1, 0.15) is 5.82 Å². The molecular formula is C13H20N2O4S2. The molecule has 0 bridgehead atoms. The summed E-state index contributed by atoms with van der Waals surface area (Å²) in [5.74, 6) is 0.573. The molecule has 6 nitrogen and oxygen atoms in total. The number of pyridine rings is 1. The van der Waals surface area contributed by atoms with Gasteiger partial charge in [0, 0.05) is 18.5 Å². The molecule has 0 amide bonds. The van der Waals surface area contributed by atoms with E-state index >= 15 is 0 Å². The van der Waals surface area contributed by atoms with Gasteiger partial charge in [-0.15, -0.1) is 0 Å². The molecule has 21 heavy (non-hydrogen) atoms. The average molecular weight is 332 g/mol. The zero-order valence-corrected chi connectivity index (χ0v) is 13.6.